The third kappa shape index (κ3) is 1.22. The molecule has 0 amide bonds. The van der Waals surface area contributed by atoms with Crippen LogP contribution in [0, 0.1) is 0 Å². The second-order valence-corrected chi connectivity index (χ2v) is 3.17. The van der Waals surface area contributed by atoms with E-state index < -0.39 is 0 Å². The number of ether oxygens (including phenoxy) is 2. The first kappa shape index (κ1) is 8.57. The van der Waals surface area contributed by atoms with Crippen molar-refractivity contribution in [2.45, 2.75) is 18.6 Å². The number of hydrogen-bond acceptors (Lipinski definition) is 3. The Morgan fingerprint density at radius 2 is 2.31 bits per heavy atom. The van der Waals surface area contributed by atoms with E-state index in [1.54, 1.807) is 14.2 Å². The molecule has 0 aromatic carbocycles. The van der Waals surface area contributed by atoms with Gasteiger partial charge in [-0.1, -0.05) is 5.73 Å². The van der Waals surface area contributed by atoms with E-state index in [-0.39, 0.29) is 12.2 Å². The van der Waals surface area contributed by atoms with Crippen molar-refractivity contribution in [1.29, 1.82) is 0 Å². The van der Waals surface area contributed by atoms with Crippen LogP contribution >= 0.6 is 0 Å². The van der Waals surface area contributed by atoms with Crippen molar-refractivity contribution >= 4 is 0 Å². The Labute approximate surface area is 77.0 Å². The number of aliphatic hydroxyl groups excluding tert-OH is 1. The Morgan fingerprint density at radius 1 is 1.54 bits per heavy atom. The normalized spacial score (nSPS) is 30.8. The zero-order valence-electron chi connectivity index (χ0n) is 7.70. The van der Waals surface area contributed by atoms with E-state index in [0.29, 0.717) is 12.2 Å². The molecule has 3 nitrogen and oxygen atoms in total. The van der Waals surface area contributed by atoms with Gasteiger partial charge in [0.1, 0.15) is 6.10 Å². The predicted molar refractivity (Wildman–Crippen MR) is 47.1 cm³/mol. The van der Waals surface area contributed by atoms with Gasteiger partial charge in [0.05, 0.1) is 13.2 Å². The summed E-state index contributed by atoms with van der Waals surface area (Å²) in [6, 6.07) is 0. The maximum Gasteiger partial charge on any atom is 0.171 e. The van der Waals surface area contributed by atoms with Gasteiger partial charge >= 0.3 is 0 Å². The Hall–Kier alpha value is -1.02. The molecule has 13 heavy (non-hydrogen) atoms. The van der Waals surface area contributed by atoms with Gasteiger partial charge in [0.15, 0.2) is 5.76 Å². The van der Waals surface area contributed by atoms with E-state index >= 15 is 0 Å². The fourth-order valence-corrected chi connectivity index (χ4v) is 1.63. The van der Waals surface area contributed by atoms with Gasteiger partial charge in [0, 0.05) is 19.1 Å². The molecule has 0 heterocycles. The third-order valence-electron chi connectivity index (χ3n) is 2.44. The maximum absolute atomic E-state index is 9.38. The molecular weight excluding hydrogens is 168 g/mol. The van der Waals surface area contributed by atoms with Crippen LogP contribution in [0.15, 0.2) is 28.7 Å². The Morgan fingerprint density at radius 3 is 2.85 bits per heavy atom. The number of aliphatic hydroxyl groups is 1. The molecule has 2 atom stereocenters. The van der Waals surface area contributed by atoms with Crippen molar-refractivity contribution < 1.29 is 14.6 Å². The van der Waals surface area contributed by atoms with E-state index in [9.17, 15) is 5.11 Å². The molecule has 2 unspecified atom stereocenters. The van der Waals surface area contributed by atoms with Crippen molar-refractivity contribution in [2.24, 2.45) is 0 Å². The molecule has 0 spiro atoms. The summed E-state index contributed by atoms with van der Waals surface area (Å²) >= 11 is 0. The van der Waals surface area contributed by atoms with Crippen LogP contribution in [0.4, 0.5) is 0 Å². The molecule has 0 aliphatic heterocycles. The molecule has 0 saturated heterocycles. The molecular formula is C10H12O3. The van der Waals surface area contributed by atoms with E-state index in [2.05, 4.69) is 5.73 Å². The molecule has 0 radical (unpaired) electrons. The van der Waals surface area contributed by atoms with Crippen LogP contribution in [0.2, 0.25) is 0 Å². The minimum atomic E-state index is -0.335. The number of rotatable bonds is 2. The smallest absolute Gasteiger partial charge is 0.171 e. The fourth-order valence-electron chi connectivity index (χ4n) is 1.63. The molecule has 70 valence electrons. The second kappa shape index (κ2) is 3.04. The quantitative estimate of drug-likeness (QED) is 0.638. The average Bonchev–Trinajstić information content (AvgIpc) is 2.15. The molecule has 1 fully saturated rings. The Balaban J connectivity index is 2.36. The third-order valence-corrected chi connectivity index (χ3v) is 2.44. The summed E-state index contributed by atoms with van der Waals surface area (Å²) in [4.78, 5) is 0. The molecule has 1 saturated carbocycles. The van der Waals surface area contributed by atoms with E-state index in [1.807, 2.05) is 6.08 Å². The lowest BCUT2D eigenvalue weighted by atomic mass is 9.80. The van der Waals surface area contributed by atoms with Crippen LogP contribution in [0.3, 0.4) is 0 Å². The van der Waals surface area contributed by atoms with Gasteiger partial charge in [-0.2, -0.15) is 0 Å². The zero-order valence-corrected chi connectivity index (χ0v) is 7.70. The van der Waals surface area contributed by atoms with Crippen LogP contribution in [0.25, 0.3) is 0 Å². The van der Waals surface area contributed by atoms with Gasteiger partial charge in [-0.05, 0) is 11.6 Å². The SMILES string of the molecule is COC1=C=C2CC(O)C2=CC1OC. The topological polar surface area (TPSA) is 38.7 Å². The van der Waals surface area contributed by atoms with E-state index in [0.717, 1.165) is 11.1 Å². The maximum atomic E-state index is 9.38. The molecule has 0 bridgehead atoms. The monoisotopic (exact) mass is 180 g/mol. The van der Waals surface area contributed by atoms with Crippen LogP contribution in [-0.4, -0.2) is 31.5 Å². The molecule has 0 aromatic heterocycles. The van der Waals surface area contributed by atoms with Gasteiger partial charge in [0.2, 0.25) is 0 Å². The second-order valence-electron chi connectivity index (χ2n) is 3.17. The zero-order chi connectivity index (χ0) is 9.42. The highest BCUT2D eigenvalue weighted by Crippen LogP contribution is 2.36. The van der Waals surface area contributed by atoms with Crippen molar-refractivity contribution in [2.75, 3.05) is 14.2 Å². The van der Waals surface area contributed by atoms with Gasteiger partial charge in [0.25, 0.3) is 0 Å². The summed E-state index contributed by atoms with van der Waals surface area (Å²) in [5.74, 6) is 0.688. The van der Waals surface area contributed by atoms with Gasteiger partial charge < -0.3 is 14.6 Å². The summed E-state index contributed by atoms with van der Waals surface area (Å²) in [5, 5.41) is 9.38. The first-order chi connectivity index (χ1) is 6.26. The highest BCUT2D eigenvalue weighted by molar-refractivity contribution is 5.48. The van der Waals surface area contributed by atoms with Crippen LogP contribution < -0.4 is 0 Å². The highest BCUT2D eigenvalue weighted by Gasteiger charge is 2.32. The van der Waals surface area contributed by atoms with Crippen molar-refractivity contribution in [1.82, 2.24) is 0 Å². The first-order valence-corrected chi connectivity index (χ1v) is 4.23. The predicted octanol–water partition coefficient (Wildman–Crippen LogP) is 0.762. The van der Waals surface area contributed by atoms with E-state index in [4.69, 9.17) is 9.47 Å². The van der Waals surface area contributed by atoms with Crippen molar-refractivity contribution in [3.8, 4) is 0 Å². The number of hydrogen-bond donors (Lipinski definition) is 1. The summed E-state index contributed by atoms with van der Waals surface area (Å²) in [7, 11) is 3.21. The molecule has 1 N–H and O–H groups in total. The van der Waals surface area contributed by atoms with Crippen molar-refractivity contribution in [3.63, 3.8) is 0 Å². The van der Waals surface area contributed by atoms with E-state index in [1.165, 1.54) is 0 Å². The highest BCUT2D eigenvalue weighted by atomic mass is 16.5. The van der Waals surface area contributed by atoms with Crippen LogP contribution in [0.1, 0.15) is 6.42 Å². The summed E-state index contributed by atoms with van der Waals surface area (Å²) in [6.07, 6.45) is 2.03. The minimum Gasteiger partial charge on any atom is -0.490 e. The number of methoxy groups -OCH3 is 2. The average molecular weight is 180 g/mol. The lowest BCUT2D eigenvalue weighted by Gasteiger charge is -2.31. The van der Waals surface area contributed by atoms with Gasteiger partial charge in [-0.25, -0.2) is 0 Å². The molecule has 2 aliphatic carbocycles. The summed E-state index contributed by atoms with van der Waals surface area (Å²) in [5.41, 5.74) is 5.07. The molecule has 3 heteroatoms. The molecule has 0 aromatic rings. The lowest BCUT2D eigenvalue weighted by molar-refractivity contribution is 0.104. The fraction of sp³-hybridized carbons (Fsp3) is 0.500. The first-order valence-electron chi connectivity index (χ1n) is 4.23. The molecule has 2 aliphatic rings. The minimum absolute atomic E-state index is 0.196. The Kier molecular flexibility index (Phi) is 2.00. The van der Waals surface area contributed by atoms with Crippen molar-refractivity contribution in [3.05, 3.63) is 28.7 Å². The lowest BCUT2D eigenvalue weighted by Crippen LogP contribution is -2.29. The largest absolute Gasteiger partial charge is 0.490 e. The Bertz CT molecular complexity index is 321. The van der Waals surface area contributed by atoms with Gasteiger partial charge in [-0.15, -0.1) is 0 Å². The van der Waals surface area contributed by atoms with Crippen LogP contribution in [0.5, 0.6) is 0 Å². The summed E-state index contributed by atoms with van der Waals surface area (Å²) < 4.78 is 10.3. The molecule has 2 rings (SSSR count). The standard InChI is InChI=1S/C10H12O3/c1-12-9-4-6-3-8(11)7(6)5-10(9)13-2/h5,8,10-11H,3H2,1-2H3. The van der Waals surface area contributed by atoms with Crippen LogP contribution in [-0.2, 0) is 9.47 Å². The number of fused-ring (bicyclic) bond motifs is 1. The van der Waals surface area contributed by atoms with Gasteiger partial charge in [-0.3, -0.25) is 0 Å². The summed E-state index contributed by atoms with van der Waals surface area (Å²) in [6.45, 7) is 0.